The van der Waals surface area contributed by atoms with Crippen molar-refractivity contribution in [3.8, 4) is 5.75 Å². The molecule has 0 aliphatic rings. The second-order valence-electron chi connectivity index (χ2n) is 6.73. The number of nitrogens with zero attached hydrogens (tertiary/aromatic N) is 2. The van der Waals surface area contributed by atoms with E-state index in [4.69, 9.17) is 9.15 Å². The number of hydrogen-bond acceptors (Lipinski definition) is 6. The summed E-state index contributed by atoms with van der Waals surface area (Å²) >= 11 is 0. The molecule has 0 atom stereocenters. The Labute approximate surface area is 173 Å². The van der Waals surface area contributed by atoms with E-state index in [1.165, 1.54) is 6.07 Å². The summed E-state index contributed by atoms with van der Waals surface area (Å²) in [7, 11) is 1.77. The number of nitrogens with one attached hydrogen (secondary N) is 2. The minimum absolute atomic E-state index is 0.234. The van der Waals surface area contributed by atoms with Crippen LogP contribution in [0.3, 0.4) is 0 Å². The fourth-order valence-corrected chi connectivity index (χ4v) is 2.94. The fourth-order valence-electron chi connectivity index (χ4n) is 2.94. The molecule has 0 bridgehead atoms. The van der Waals surface area contributed by atoms with Crippen LogP contribution in [0.1, 0.15) is 39.9 Å². The van der Waals surface area contributed by atoms with Gasteiger partial charge in [-0.25, -0.2) is 4.79 Å². The van der Waals surface area contributed by atoms with Crippen molar-refractivity contribution in [1.82, 2.24) is 20.4 Å². The first-order valence-electron chi connectivity index (χ1n) is 9.66. The molecule has 0 saturated heterocycles. The van der Waals surface area contributed by atoms with E-state index in [1.54, 1.807) is 36.0 Å². The van der Waals surface area contributed by atoms with E-state index in [0.717, 1.165) is 5.69 Å². The number of amides is 2. The highest BCUT2D eigenvalue weighted by Gasteiger charge is 2.14. The summed E-state index contributed by atoms with van der Waals surface area (Å²) in [5.41, 5.74) is 1.15. The summed E-state index contributed by atoms with van der Waals surface area (Å²) in [5.74, 6) is -0.0879. The maximum atomic E-state index is 12.6. The lowest BCUT2D eigenvalue weighted by atomic mass is 10.1. The molecule has 2 N–H and O–H groups in total. The molecule has 1 aromatic carbocycles. The van der Waals surface area contributed by atoms with Crippen LogP contribution in [0.4, 0.5) is 0 Å². The van der Waals surface area contributed by atoms with Gasteiger partial charge in [-0.15, -0.1) is 0 Å². The van der Waals surface area contributed by atoms with Crippen LogP contribution in [-0.2, 0) is 7.05 Å². The minimum Gasteiger partial charge on any atom is -0.494 e. The van der Waals surface area contributed by atoms with E-state index in [9.17, 15) is 14.4 Å². The molecular formula is C21H24N4O5. The number of benzene rings is 1. The van der Waals surface area contributed by atoms with Gasteiger partial charge in [-0.2, -0.15) is 5.10 Å². The number of fused-ring (bicyclic) bond motifs is 1. The Morgan fingerprint density at radius 1 is 1.13 bits per heavy atom. The van der Waals surface area contributed by atoms with E-state index in [2.05, 4.69) is 15.7 Å². The molecule has 0 saturated carbocycles. The van der Waals surface area contributed by atoms with Crippen molar-refractivity contribution in [2.24, 2.45) is 7.05 Å². The third-order valence-corrected chi connectivity index (χ3v) is 4.54. The first-order valence-corrected chi connectivity index (χ1v) is 9.66. The SMILES string of the molecule is CCOc1ccc2c(C(=O)NCCCNC(=O)c3cc(C)n(C)n3)cc(=O)oc2c1. The van der Waals surface area contributed by atoms with Gasteiger partial charge in [0.25, 0.3) is 11.8 Å². The van der Waals surface area contributed by atoms with E-state index in [0.29, 0.717) is 42.9 Å². The van der Waals surface area contributed by atoms with Crippen molar-refractivity contribution in [2.75, 3.05) is 19.7 Å². The Morgan fingerprint density at radius 3 is 2.53 bits per heavy atom. The summed E-state index contributed by atoms with van der Waals surface area (Å²) in [5, 5.41) is 10.2. The molecule has 2 amide bonds. The van der Waals surface area contributed by atoms with E-state index < -0.39 is 5.63 Å². The predicted octanol–water partition coefficient (Wildman–Crippen LogP) is 1.78. The summed E-state index contributed by atoms with van der Waals surface area (Å²) in [4.78, 5) is 36.5. The summed E-state index contributed by atoms with van der Waals surface area (Å²) in [6, 6.07) is 7.87. The van der Waals surface area contributed by atoms with Crippen LogP contribution in [0, 0.1) is 6.92 Å². The highest BCUT2D eigenvalue weighted by molar-refractivity contribution is 6.05. The molecular weight excluding hydrogens is 388 g/mol. The smallest absolute Gasteiger partial charge is 0.337 e. The predicted molar refractivity (Wildman–Crippen MR) is 111 cm³/mol. The lowest BCUT2D eigenvalue weighted by molar-refractivity contribution is 0.0947. The van der Waals surface area contributed by atoms with Crippen molar-refractivity contribution in [3.05, 3.63) is 57.7 Å². The normalized spacial score (nSPS) is 10.8. The number of ether oxygens (including phenoxy) is 1. The summed E-state index contributed by atoms with van der Waals surface area (Å²) < 4.78 is 12.2. The maximum Gasteiger partial charge on any atom is 0.337 e. The highest BCUT2D eigenvalue weighted by Crippen LogP contribution is 2.22. The molecule has 2 aromatic heterocycles. The minimum atomic E-state index is -0.612. The standard InChI is InChI=1S/C21H24N4O5/c1-4-29-14-6-7-15-16(12-19(26)30-18(15)11-14)20(27)22-8-5-9-23-21(28)17-10-13(2)25(3)24-17/h6-7,10-12H,4-5,8-9H2,1-3H3,(H,22,27)(H,23,28). The fraction of sp³-hybridized carbons (Fsp3) is 0.333. The van der Waals surface area contributed by atoms with E-state index >= 15 is 0 Å². The van der Waals surface area contributed by atoms with Gasteiger partial charge >= 0.3 is 5.63 Å². The van der Waals surface area contributed by atoms with Crippen molar-refractivity contribution in [1.29, 1.82) is 0 Å². The third-order valence-electron chi connectivity index (χ3n) is 4.54. The topological polar surface area (TPSA) is 115 Å². The molecule has 0 spiro atoms. The molecule has 158 valence electrons. The van der Waals surface area contributed by atoms with Gasteiger partial charge in [0.2, 0.25) is 0 Å². The van der Waals surface area contributed by atoms with Gasteiger partial charge in [-0.1, -0.05) is 0 Å². The van der Waals surface area contributed by atoms with Gasteiger partial charge in [0.05, 0.1) is 12.2 Å². The average molecular weight is 412 g/mol. The molecule has 0 fully saturated rings. The number of aryl methyl sites for hydroxylation is 2. The number of aromatic nitrogens is 2. The number of carbonyl (C=O) groups excluding carboxylic acids is 2. The lowest BCUT2D eigenvalue weighted by Gasteiger charge is -2.09. The first kappa shape index (κ1) is 21.1. The Bertz CT molecular complexity index is 1110. The van der Waals surface area contributed by atoms with Gasteiger partial charge in [0.1, 0.15) is 17.0 Å². The number of carbonyl (C=O) groups is 2. The zero-order valence-electron chi connectivity index (χ0n) is 17.2. The van der Waals surface area contributed by atoms with Crippen LogP contribution >= 0.6 is 0 Å². The summed E-state index contributed by atoms with van der Waals surface area (Å²) in [6.45, 7) is 4.91. The molecule has 30 heavy (non-hydrogen) atoms. The quantitative estimate of drug-likeness (QED) is 0.430. The maximum absolute atomic E-state index is 12.6. The molecule has 0 radical (unpaired) electrons. The van der Waals surface area contributed by atoms with Gasteiger partial charge in [-0.3, -0.25) is 14.3 Å². The van der Waals surface area contributed by atoms with Crippen molar-refractivity contribution in [2.45, 2.75) is 20.3 Å². The second-order valence-corrected chi connectivity index (χ2v) is 6.73. The van der Waals surface area contributed by atoms with Crippen molar-refractivity contribution < 1.29 is 18.7 Å². The van der Waals surface area contributed by atoms with Crippen LogP contribution in [0.2, 0.25) is 0 Å². The molecule has 0 unspecified atom stereocenters. The highest BCUT2D eigenvalue weighted by atomic mass is 16.5. The van der Waals surface area contributed by atoms with Crippen LogP contribution in [-0.4, -0.2) is 41.3 Å². The Balaban J connectivity index is 1.56. The third kappa shape index (κ3) is 4.86. The average Bonchev–Trinajstić information content (AvgIpc) is 3.05. The first-order chi connectivity index (χ1) is 14.4. The molecule has 0 aliphatic heterocycles. The van der Waals surface area contributed by atoms with Gasteiger partial charge in [0, 0.05) is 43.4 Å². The van der Waals surface area contributed by atoms with Crippen molar-refractivity contribution in [3.63, 3.8) is 0 Å². The van der Waals surface area contributed by atoms with E-state index in [-0.39, 0.29) is 23.0 Å². The number of hydrogen-bond donors (Lipinski definition) is 2. The van der Waals surface area contributed by atoms with Crippen LogP contribution in [0.5, 0.6) is 5.75 Å². The van der Waals surface area contributed by atoms with Crippen LogP contribution < -0.4 is 21.0 Å². The molecule has 9 nitrogen and oxygen atoms in total. The molecule has 3 rings (SSSR count). The second kappa shape index (κ2) is 9.25. The van der Waals surface area contributed by atoms with Crippen LogP contribution in [0.25, 0.3) is 11.0 Å². The molecule has 9 heteroatoms. The molecule has 0 aliphatic carbocycles. The largest absolute Gasteiger partial charge is 0.494 e. The number of rotatable bonds is 8. The van der Waals surface area contributed by atoms with E-state index in [1.807, 2.05) is 13.8 Å². The summed E-state index contributed by atoms with van der Waals surface area (Å²) in [6.07, 6.45) is 0.525. The Kier molecular flexibility index (Phi) is 6.51. The van der Waals surface area contributed by atoms with Gasteiger partial charge in [0.15, 0.2) is 0 Å². The van der Waals surface area contributed by atoms with Crippen LogP contribution in [0.15, 0.2) is 39.5 Å². The van der Waals surface area contributed by atoms with Gasteiger partial charge in [-0.05, 0) is 38.5 Å². The lowest BCUT2D eigenvalue weighted by Crippen LogP contribution is -2.30. The molecule has 2 heterocycles. The monoisotopic (exact) mass is 412 g/mol. The molecule has 3 aromatic rings. The zero-order chi connectivity index (χ0) is 21.7. The Morgan fingerprint density at radius 2 is 1.87 bits per heavy atom. The zero-order valence-corrected chi connectivity index (χ0v) is 17.2. The van der Waals surface area contributed by atoms with Gasteiger partial charge < -0.3 is 19.8 Å². The van der Waals surface area contributed by atoms with Crippen molar-refractivity contribution >= 4 is 22.8 Å². The Hall–Kier alpha value is -3.62.